The fourth-order valence-corrected chi connectivity index (χ4v) is 7.81. The first-order valence-corrected chi connectivity index (χ1v) is 17.9. The van der Waals surface area contributed by atoms with E-state index in [-0.39, 0.29) is 23.1 Å². The number of rotatable bonds is 13. The Bertz CT molecular complexity index is 1970. The number of nitrogens with one attached hydrogen (secondary N) is 1. The number of hydrogen-bond donors (Lipinski definition) is 2. The monoisotopic (exact) mass is 731 g/mol. The lowest BCUT2D eigenvalue weighted by molar-refractivity contribution is -0.147. The number of ether oxygens (including phenoxy) is 3. The van der Waals surface area contributed by atoms with Crippen LogP contribution >= 0.6 is 23.2 Å². The minimum absolute atomic E-state index is 0.122. The molecule has 0 bridgehead atoms. The number of nitrogens with zero attached hydrogens (tertiary/aromatic N) is 4. The lowest BCUT2D eigenvalue weighted by atomic mass is 9.94. The number of halogens is 2. The maximum absolute atomic E-state index is 11.6. The average Bonchev–Trinajstić information content (AvgIpc) is 3.72. The number of hydrogen-bond acceptors (Lipinski definition) is 10. The molecule has 266 valence electrons. The summed E-state index contributed by atoms with van der Waals surface area (Å²) in [6, 6.07) is 16.0. The molecule has 2 N–H and O–H groups in total. The quantitative estimate of drug-likeness (QED) is 0.155. The van der Waals surface area contributed by atoms with E-state index in [0.29, 0.717) is 85.3 Å². The molecule has 0 amide bonds. The molecule has 51 heavy (non-hydrogen) atoms. The Morgan fingerprint density at radius 2 is 1.69 bits per heavy atom. The summed E-state index contributed by atoms with van der Waals surface area (Å²) in [5.74, 6) is 0.553. The molecule has 1 saturated carbocycles. The second kappa shape index (κ2) is 15.1. The summed E-state index contributed by atoms with van der Waals surface area (Å²) in [5, 5.41) is 13.4. The van der Waals surface area contributed by atoms with Crippen LogP contribution in [0.3, 0.4) is 0 Å². The molecule has 2 aliphatic carbocycles. The second-order valence-electron chi connectivity index (χ2n) is 13.3. The molecule has 3 aliphatic rings. The molecular formula is C38H39Cl2N5O6. The molecule has 1 saturated heterocycles. The lowest BCUT2D eigenvalue weighted by Crippen LogP contribution is -2.49. The van der Waals surface area contributed by atoms with Crippen molar-refractivity contribution in [2.75, 3.05) is 33.9 Å². The van der Waals surface area contributed by atoms with Crippen LogP contribution in [0.5, 0.6) is 17.6 Å². The van der Waals surface area contributed by atoms with Gasteiger partial charge in [0.05, 0.1) is 30.9 Å². The van der Waals surface area contributed by atoms with E-state index in [1.807, 2.05) is 47.4 Å². The molecule has 0 radical (unpaired) electrons. The molecule has 0 unspecified atom stereocenters. The van der Waals surface area contributed by atoms with E-state index in [4.69, 9.17) is 42.4 Å². The SMILES string of the molecule is COc1nc(-c2cccc(-c3cccc4c3CC[C@@H]4Oc3nc(OC)c(CN4CC(C(=O)O)C4)nc3Cl)c2Cl)ccc1CNC[C@@H]1CCC(=O)C1. The summed E-state index contributed by atoms with van der Waals surface area (Å²) in [5.41, 5.74) is 7.03. The van der Waals surface area contributed by atoms with E-state index < -0.39 is 5.97 Å². The normalized spacial score (nSPS) is 18.8. The van der Waals surface area contributed by atoms with E-state index in [2.05, 4.69) is 21.4 Å². The van der Waals surface area contributed by atoms with Gasteiger partial charge in [0, 0.05) is 55.7 Å². The van der Waals surface area contributed by atoms with E-state index in [1.165, 1.54) is 7.11 Å². The van der Waals surface area contributed by atoms with Crippen LogP contribution in [0.2, 0.25) is 10.2 Å². The van der Waals surface area contributed by atoms with E-state index >= 15 is 0 Å². The van der Waals surface area contributed by atoms with Crippen LogP contribution in [0.4, 0.5) is 0 Å². The predicted octanol–water partition coefficient (Wildman–Crippen LogP) is 6.57. The molecule has 7 rings (SSSR count). The van der Waals surface area contributed by atoms with Gasteiger partial charge in [-0.15, -0.1) is 0 Å². The Morgan fingerprint density at radius 3 is 2.43 bits per heavy atom. The van der Waals surface area contributed by atoms with Crippen molar-refractivity contribution >= 4 is 35.0 Å². The van der Waals surface area contributed by atoms with E-state index in [1.54, 1.807) is 7.11 Å². The van der Waals surface area contributed by atoms with Gasteiger partial charge in [0.15, 0.2) is 5.15 Å². The molecule has 2 aromatic carbocycles. The zero-order valence-electron chi connectivity index (χ0n) is 28.5. The molecule has 0 spiro atoms. The number of pyridine rings is 1. The van der Waals surface area contributed by atoms with Crippen LogP contribution in [-0.2, 0) is 29.1 Å². The summed E-state index contributed by atoms with van der Waals surface area (Å²) in [6.07, 6.45) is 3.44. The number of methoxy groups -OCH3 is 2. The van der Waals surface area contributed by atoms with Gasteiger partial charge < -0.3 is 24.6 Å². The first-order valence-electron chi connectivity index (χ1n) is 17.1. The van der Waals surface area contributed by atoms with Crippen LogP contribution < -0.4 is 19.5 Å². The number of likely N-dealkylation sites (tertiary alicyclic amines) is 1. The van der Waals surface area contributed by atoms with Crippen molar-refractivity contribution < 1.29 is 28.9 Å². The first kappa shape index (κ1) is 35.1. The van der Waals surface area contributed by atoms with Gasteiger partial charge in [-0.3, -0.25) is 14.5 Å². The number of fused-ring (bicyclic) bond motifs is 1. The number of carboxylic acids is 1. The fraction of sp³-hybridized carbons (Fsp3) is 0.395. The van der Waals surface area contributed by atoms with Crippen molar-refractivity contribution in [3.63, 3.8) is 0 Å². The second-order valence-corrected chi connectivity index (χ2v) is 14.1. The van der Waals surface area contributed by atoms with Crippen molar-refractivity contribution in [1.29, 1.82) is 0 Å². The minimum atomic E-state index is -0.802. The van der Waals surface area contributed by atoms with Gasteiger partial charge in [-0.1, -0.05) is 65.7 Å². The zero-order valence-corrected chi connectivity index (χ0v) is 30.0. The Hall–Kier alpha value is -4.29. The summed E-state index contributed by atoms with van der Waals surface area (Å²) < 4.78 is 17.6. The van der Waals surface area contributed by atoms with Crippen molar-refractivity contribution in [3.8, 4) is 40.0 Å². The molecule has 1 aliphatic heterocycles. The largest absolute Gasteiger partial charge is 0.481 e. The molecule has 4 aromatic rings. The number of carboxylic acid groups (broad SMARTS) is 1. The molecule has 11 nitrogen and oxygen atoms in total. The molecule has 2 fully saturated rings. The Morgan fingerprint density at radius 1 is 0.922 bits per heavy atom. The third kappa shape index (κ3) is 7.39. The molecule has 3 heterocycles. The third-order valence-electron chi connectivity index (χ3n) is 10.00. The number of carbonyl (C=O) groups excluding carboxylic acids is 1. The summed E-state index contributed by atoms with van der Waals surface area (Å²) in [4.78, 5) is 38.7. The highest BCUT2D eigenvalue weighted by Gasteiger charge is 2.34. The number of Topliss-reactive ketones (excluding diaryl/α,β-unsaturated/α-hetero) is 1. The van der Waals surface area contributed by atoms with Gasteiger partial charge in [-0.2, -0.15) is 4.98 Å². The smallest absolute Gasteiger partial charge is 0.309 e. The third-order valence-corrected chi connectivity index (χ3v) is 10.6. The number of benzene rings is 2. The van der Waals surface area contributed by atoms with Crippen molar-refractivity contribution in [2.24, 2.45) is 11.8 Å². The van der Waals surface area contributed by atoms with Gasteiger partial charge in [0.2, 0.25) is 11.8 Å². The summed E-state index contributed by atoms with van der Waals surface area (Å²) in [7, 11) is 3.13. The number of aromatic nitrogens is 3. The lowest BCUT2D eigenvalue weighted by Gasteiger charge is -2.36. The zero-order chi connectivity index (χ0) is 35.6. The predicted molar refractivity (Wildman–Crippen MR) is 192 cm³/mol. The number of carbonyl (C=O) groups is 2. The number of ketones is 1. The minimum Gasteiger partial charge on any atom is -0.481 e. The highest BCUT2D eigenvalue weighted by atomic mass is 35.5. The van der Waals surface area contributed by atoms with Crippen LogP contribution in [0.15, 0.2) is 48.5 Å². The molecule has 2 aromatic heterocycles. The highest BCUT2D eigenvalue weighted by molar-refractivity contribution is 6.36. The van der Waals surface area contributed by atoms with Gasteiger partial charge in [-0.05, 0) is 54.5 Å². The highest BCUT2D eigenvalue weighted by Crippen LogP contribution is 2.44. The van der Waals surface area contributed by atoms with Crippen LogP contribution in [0.25, 0.3) is 22.4 Å². The van der Waals surface area contributed by atoms with Crippen molar-refractivity contribution in [2.45, 2.75) is 51.3 Å². The molecule has 13 heteroatoms. The molecule has 2 atom stereocenters. The van der Waals surface area contributed by atoms with E-state index in [0.717, 1.165) is 52.8 Å². The van der Waals surface area contributed by atoms with Crippen LogP contribution in [0, 0.1) is 11.8 Å². The van der Waals surface area contributed by atoms with Gasteiger partial charge in [0.1, 0.15) is 17.6 Å². The van der Waals surface area contributed by atoms with Crippen molar-refractivity contribution in [3.05, 3.63) is 81.1 Å². The van der Waals surface area contributed by atoms with Crippen LogP contribution in [-0.4, -0.2) is 70.6 Å². The fourth-order valence-electron chi connectivity index (χ4n) is 7.30. The Balaban J connectivity index is 1.08. The van der Waals surface area contributed by atoms with Crippen LogP contribution in [0.1, 0.15) is 54.2 Å². The topological polar surface area (TPSA) is 136 Å². The maximum atomic E-state index is 11.6. The number of aliphatic carboxylic acids is 1. The summed E-state index contributed by atoms with van der Waals surface area (Å²) in [6.45, 7) is 2.63. The van der Waals surface area contributed by atoms with E-state index in [9.17, 15) is 14.7 Å². The average molecular weight is 733 g/mol. The Labute approximate surface area is 306 Å². The maximum Gasteiger partial charge on any atom is 0.309 e. The first-order chi connectivity index (χ1) is 24.7. The van der Waals surface area contributed by atoms with Gasteiger partial charge in [-0.25, -0.2) is 9.97 Å². The summed E-state index contributed by atoms with van der Waals surface area (Å²) >= 11 is 13.7. The molecular weight excluding hydrogens is 693 g/mol. The van der Waals surface area contributed by atoms with Gasteiger partial charge in [0.25, 0.3) is 5.88 Å². The van der Waals surface area contributed by atoms with Crippen molar-refractivity contribution in [1.82, 2.24) is 25.2 Å². The Kier molecular flexibility index (Phi) is 10.4. The standard InChI is InChI=1S/C38H39Cl2N5O6/c1-49-35-22(17-41-16-21-9-11-24(46)15-21)10-13-30(43-35)29-8-4-7-28(33(29)39)25-5-3-6-27-26(25)12-14-32(27)51-37-34(40)42-31(36(44-37)50-2)20-45-18-23(19-45)38(47)48/h3-8,10,13,21,23,32,41H,9,11-12,14-20H2,1-2H3,(H,47,48)/t21-,32+/m1/s1. The van der Waals surface area contributed by atoms with Gasteiger partial charge >= 0.3 is 5.97 Å².